The topological polar surface area (TPSA) is 83.9 Å². The van der Waals surface area contributed by atoms with Crippen molar-refractivity contribution in [2.75, 3.05) is 57.4 Å². The van der Waals surface area contributed by atoms with Gasteiger partial charge < -0.3 is 19.3 Å². The van der Waals surface area contributed by atoms with Gasteiger partial charge in [-0.15, -0.1) is 0 Å². The minimum absolute atomic E-state index is 0.0746. The number of hydrogen-bond acceptors (Lipinski definition) is 8. The van der Waals surface area contributed by atoms with Gasteiger partial charge in [0.2, 0.25) is 5.91 Å². The molecule has 8 rings (SSSR count). The van der Waals surface area contributed by atoms with Crippen LogP contribution in [0.25, 0.3) is 32.9 Å². The lowest BCUT2D eigenvalue weighted by molar-refractivity contribution is -0.133. The van der Waals surface area contributed by atoms with E-state index in [0.29, 0.717) is 68.8 Å². The molecule has 1 amide bonds. The first-order valence-corrected chi connectivity index (χ1v) is 16.2. The fourth-order valence-electron chi connectivity index (χ4n) is 8.22. The lowest BCUT2D eigenvalue weighted by Crippen LogP contribution is -2.64. The Hall–Kier alpha value is -4.36. The number of rotatable bonds is 6. The second-order valence-electron chi connectivity index (χ2n) is 13.3. The largest absolute Gasteiger partial charge is 0.461 e. The van der Waals surface area contributed by atoms with Gasteiger partial charge in [-0.2, -0.15) is 9.97 Å². The summed E-state index contributed by atoms with van der Waals surface area (Å²) in [5.41, 5.74) is -1.38. The van der Waals surface area contributed by atoms with E-state index in [9.17, 15) is 13.6 Å². The highest BCUT2D eigenvalue weighted by Gasteiger charge is 2.50. The molecular weight excluding hydrogens is 628 g/mol. The van der Waals surface area contributed by atoms with Crippen molar-refractivity contribution >= 4 is 33.4 Å². The molecule has 6 heterocycles. The van der Waals surface area contributed by atoms with Gasteiger partial charge in [-0.05, 0) is 43.3 Å². The SMILES string of the molecule is C=CC(=O)N1CCN(c2nc(OC[C@@]34CCCN3C[C@H](F)C4)nc3c(F)c(-c4cccc5ccc(F)c(F)c45)ncc23)C[C@@]12CCOC2. The molecule has 4 aromatic rings. The van der Waals surface area contributed by atoms with Crippen molar-refractivity contribution in [3.05, 3.63) is 66.6 Å². The third kappa shape index (κ3) is 4.89. The van der Waals surface area contributed by atoms with Gasteiger partial charge in [0.25, 0.3) is 0 Å². The van der Waals surface area contributed by atoms with Gasteiger partial charge in [0.05, 0.1) is 23.1 Å². The molecule has 0 aliphatic carbocycles. The summed E-state index contributed by atoms with van der Waals surface area (Å²) in [6.45, 7) is 6.77. The van der Waals surface area contributed by atoms with Gasteiger partial charge in [-0.3, -0.25) is 14.7 Å². The van der Waals surface area contributed by atoms with Crippen molar-refractivity contribution in [1.29, 1.82) is 0 Å². The van der Waals surface area contributed by atoms with Crippen molar-refractivity contribution in [3.63, 3.8) is 0 Å². The van der Waals surface area contributed by atoms with E-state index >= 15 is 8.78 Å². The van der Waals surface area contributed by atoms with Crippen LogP contribution in [0.1, 0.15) is 25.7 Å². The Labute approximate surface area is 274 Å². The van der Waals surface area contributed by atoms with Gasteiger partial charge in [0, 0.05) is 56.4 Å². The highest BCUT2D eigenvalue weighted by molar-refractivity contribution is 5.99. The van der Waals surface area contributed by atoms with Crippen LogP contribution >= 0.6 is 0 Å². The Morgan fingerprint density at radius 3 is 2.79 bits per heavy atom. The van der Waals surface area contributed by atoms with Crippen molar-refractivity contribution in [2.45, 2.75) is 42.9 Å². The number of benzene rings is 2. The summed E-state index contributed by atoms with van der Waals surface area (Å²) in [5, 5.41) is 0.584. The van der Waals surface area contributed by atoms with E-state index in [0.717, 1.165) is 25.5 Å². The molecular formula is C35H34F4N6O3. The number of nitrogens with zero attached hydrogens (tertiary/aromatic N) is 6. The molecule has 4 aliphatic heterocycles. The van der Waals surface area contributed by atoms with Crippen LogP contribution in [0.5, 0.6) is 6.01 Å². The molecule has 0 bridgehead atoms. The number of aromatic nitrogens is 3. The number of halogens is 4. The predicted octanol–water partition coefficient (Wildman–Crippen LogP) is 5.21. The lowest BCUT2D eigenvalue weighted by Gasteiger charge is -2.48. The number of alkyl halides is 1. The summed E-state index contributed by atoms with van der Waals surface area (Å²) in [6, 6.07) is 7.09. The third-order valence-electron chi connectivity index (χ3n) is 10.5. The van der Waals surface area contributed by atoms with E-state index in [1.807, 2.05) is 4.90 Å². The molecule has 9 nitrogen and oxygen atoms in total. The van der Waals surface area contributed by atoms with Crippen LogP contribution in [0.4, 0.5) is 23.4 Å². The van der Waals surface area contributed by atoms with E-state index in [1.54, 1.807) is 17.0 Å². The van der Waals surface area contributed by atoms with Gasteiger partial charge in [-0.1, -0.05) is 30.8 Å². The molecule has 4 fully saturated rings. The van der Waals surface area contributed by atoms with E-state index in [2.05, 4.69) is 21.4 Å². The summed E-state index contributed by atoms with van der Waals surface area (Å²) in [5.74, 6) is -2.84. The molecule has 4 saturated heterocycles. The van der Waals surface area contributed by atoms with Crippen molar-refractivity contribution < 1.29 is 31.8 Å². The Balaban J connectivity index is 1.25. The number of anilines is 1. The van der Waals surface area contributed by atoms with E-state index < -0.39 is 34.7 Å². The van der Waals surface area contributed by atoms with Gasteiger partial charge >= 0.3 is 6.01 Å². The average molecular weight is 663 g/mol. The minimum atomic E-state index is -1.10. The van der Waals surface area contributed by atoms with Gasteiger partial charge in [0.1, 0.15) is 29.8 Å². The van der Waals surface area contributed by atoms with Crippen LogP contribution in [-0.4, -0.2) is 100 Å². The number of hydrogen-bond donors (Lipinski definition) is 0. The summed E-state index contributed by atoms with van der Waals surface area (Å²) < 4.78 is 72.8. The van der Waals surface area contributed by atoms with E-state index in [1.165, 1.54) is 24.4 Å². The van der Waals surface area contributed by atoms with Crippen molar-refractivity contribution in [3.8, 4) is 17.3 Å². The van der Waals surface area contributed by atoms with Gasteiger partial charge in [0.15, 0.2) is 17.5 Å². The van der Waals surface area contributed by atoms with Crippen LogP contribution in [0.2, 0.25) is 0 Å². The molecule has 3 atom stereocenters. The van der Waals surface area contributed by atoms with Gasteiger partial charge in [-0.25, -0.2) is 17.6 Å². The number of carbonyl (C=O) groups is 1. The average Bonchev–Trinajstić information content (AvgIpc) is 3.79. The molecule has 0 radical (unpaired) electrons. The predicted molar refractivity (Wildman–Crippen MR) is 171 cm³/mol. The maximum Gasteiger partial charge on any atom is 0.319 e. The Morgan fingerprint density at radius 1 is 1.10 bits per heavy atom. The van der Waals surface area contributed by atoms with Crippen LogP contribution in [0.15, 0.2) is 49.2 Å². The molecule has 1 spiro atoms. The summed E-state index contributed by atoms with van der Waals surface area (Å²) >= 11 is 0. The highest BCUT2D eigenvalue weighted by atomic mass is 19.2. The van der Waals surface area contributed by atoms with E-state index in [4.69, 9.17) is 14.5 Å². The molecule has 2 aromatic heterocycles. The van der Waals surface area contributed by atoms with Crippen LogP contribution in [-0.2, 0) is 9.53 Å². The van der Waals surface area contributed by atoms with Crippen LogP contribution in [0.3, 0.4) is 0 Å². The first-order chi connectivity index (χ1) is 23.2. The lowest BCUT2D eigenvalue weighted by atomic mass is 9.92. The molecule has 0 unspecified atom stereocenters. The summed E-state index contributed by atoms with van der Waals surface area (Å²) in [4.78, 5) is 32.4. The smallest absolute Gasteiger partial charge is 0.319 e. The van der Waals surface area contributed by atoms with Crippen LogP contribution in [0, 0.1) is 17.5 Å². The van der Waals surface area contributed by atoms with Crippen molar-refractivity contribution in [1.82, 2.24) is 24.8 Å². The zero-order valence-electron chi connectivity index (χ0n) is 26.2. The highest BCUT2D eigenvalue weighted by Crippen LogP contribution is 2.42. The zero-order chi connectivity index (χ0) is 33.2. The second-order valence-corrected chi connectivity index (χ2v) is 13.3. The monoisotopic (exact) mass is 662 g/mol. The fourth-order valence-corrected chi connectivity index (χ4v) is 8.22. The number of ether oxygens (including phenoxy) is 2. The number of fused-ring (bicyclic) bond motifs is 3. The summed E-state index contributed by atoms with van der Waals surface area (Å²) in [6.07, 6.45) is 4.38. The molecule has 4 aliphatic rings. The number of pyridine rings is 1. The first-order valence-electron chi connectivity index (χ1n) is 16.2. The quantitative estimate of drug-likeness (QED) is 0.206. The Bertz CT molecular complexity index is 1960. The number of carbonyl (C=O) groups excluding carboxylic acids is 1. The normalized spacial score (nSPS) is 25.8. The molecule has 2 aromatic carbocycles. The first kappa shape index (κ1) is 30.9. The second kappa shape index (κ2) is 11.7. The zero-order valence-corrected chi connectivity index (χ0v) is 26.2. The molecule has 0 saturated carbocycles. The standard InChI is InChI=1S/C35H34F4N6O3/c1-2-26(46)45-13-12-43(18-35(45)10-14-47-19-35)32-24-16-40-30(23-6-3-5-21-7-8-25(37)28(38)27(21)23)29(39)31(24)41-33(42-32)48-20-34-9-4-11-44(34)17-22(36)15-34/h2-3,5-8,16,22H,1,4,9-15,17-20H2/t22-,34+,35-/m1/s1. The molecule has 13 heteroatoms. The number of amides is 1. The molecule has 48 heavy (non-hydrogen) atoms. The summed E-state index contributed by atoms with van der Waals surface area (Å²) in [7, 11) is 0. The van der Waals surface area contributed by atoms with E-state index in [-0.39, 0.29) is 40.7 Å². The van der Waals surface area contributed by atoms with Crippen molar-refractivity contribution in [2.24, 2.45) is 0 Å². The van der Waals surface area contributed by atoms with Crippen LogP contribution < -0.4 is 9.64 Å². The third-order valence-corrected chi connectivity index (χ3v) is 10.5. The Kier molecular flexibility index (Phi) is 7.51. The molecule has 0 N–H and O–H groups in total. The maximum absolute atomic E-state index is 16.8. The Morgan fingerprint density at radius 2 is 1.98 bits per heavy atom. The fraction of sp³-hybridized carbons (Fsp3) is 0.429. The molecule has 250 valence electrons. The minimum Gasteiger partial charge on any atom is -0.461 e. The number of piperazine rings is 1. The maximum atomic E-state index is 16.8.